The van der Waals surface area contributed by atoms with E-state index in [1.807, 2.05) is 6.08 Å². The van der Waals surface area contributed by atoms with Gasteiger partial charge in [-0.1, -0.05) is 178 Å². The molecule has 12 aromatic rings. The van der Waals surface area contributed by atoms with Gasteiger partial charge in [0.2, 0.25) is 0 Å². The molecule has 2 nitrogen and oxygen atoms in total. The zero-order chi connectivity index (χ0) is 44.3. The summed E-state index contributed by atoms with van der Waals surface area (Å²) >= 11 is 0. The van der Waals surface area contributed by atoms with Gasteiger partial charge < -0.3 is 9.30 Å². The second kappa shape index (κ2) is 14.4. The summed E-state index contributed by atoms with van der Waals surface area (Å²) in [6.45, 7) is 10.9. The van der Waals surface area contributed by atoms with Crippen molar-refractivity contribution < 1.29 is 0 Å². The number of nitrogens with zero attached hydrogens (tertiary/aromatic N) is 2. The Morgan fingerprint density at radius 1 is 0.455 bits per heavy atom. The third kappa shape index (κ3) is 5.42. The number of rotatable bonds is 7. The van der Waals surface area contributed by atoms with E-state index < -0.39 is 0 Å². The van der Waals surface area contributed by atoms with E-state index >= 15 is 0 Å². The summed E-state index contributed by atoms with van der Waals surface area (Å²) in [5.41, 5.74) is 17.0. The highest BCUT2D eigenvalue weighted by Crippen LogP contribution is 2.49. The molecule has 0 unspecified atom stereocenters. The Labute approximate surface area is 384 Å². The fourth-order valence-electron chi connectivity index (χ4n) is 11.6. The molecule has 2 heteroatoms. The average Bonchev–Trinajstić information content (AvgIpc) is 3.97. The molecule has 2 heterocycles. The van der Waals surface area contributed by atoms with Gasteiger partial charge >= 0.3 is 0 Å². The molecular formula is C64H46N2. The quantitative estimate of drug-likeness (QED) is 0.145. The average molecular weight is 843 g/mol. The third-order valence-corrected chi connectivity index (χ3v) is 14.6. The Bertz CT molecular complexity index is 3990. The van der Waals surface area contributed by atoms with Crippen molar-refractivity contribution >= 4 is 93.0 Å². The predicted octanol–water partition coefficient (Wildman–Crippen LogP) is 17.9. The van der Waals surface area contributed by atoms with Crippen LogP contribution in [0.15, 0.2) is 225 Å². The lowest BCUT2D eigenvalue weighted by atomic mass is 9.80. The minimum atomic E-state index is -0.123. The maximum atomic E-state index is 4.20. The SMILES string of the molecule is C=CC1=C(/C=C\C)C(C)(C)c2cc(-c3ccc(N(c4ccc(-c5ccc6c7ccccc7n7c8ccccc8c5c67)cc4)c4ccc5c6ccccc6c6ccccc6c5c4)cc3)ccc21. The number of allylic oxidation sites excluding steroid dienone is 5. The van der Waals surface area contributed by atoms with E-state index in [0.29, 0.717) is 0 Å². The van der Waals surface area contributed by atoms with E-state index in [-0.39, 0.29) is 5.41 Å². The summed E-state index contributed by atoms with van der Waals surface area (Å²) < 4.78 is 2.46. The predicted molar refractivity (Wildman–Crippen MR) is 284 cm³/mol. The molecule has 13 rings (SSSR count). The number of hydrogen-bond acceptors (Lipinski definition) is 1. The van der Waals surface area contributed by atoms with Gasteiger partial charge in [0, 0.05) is 44.0 Å². The van der Waals surface area contributed by atoms with Gasteiger partial charge in [-0.2, -0.15) is 0 Å². The van der Waals surface area contributed by atoms with Crippen LogP contribution in [-0.2, 0) is 5.41 Å². The summed E-state index contributed by atoms with van der Waals surface area (Å²) in [6.07, 6.45) is 6.40. The van der Waals surface area contributed by atoms with Gasteiger partial charge in [0.15, 0.2) is 0 Å². The largest absolute Gasteiger partial charge is 0.310 e. The van der Waals surface area contributed by atoms with Crippen LogP contribution in [0, 0.1) is 0 Å². The lowest BCUT2D eigenvalue weighted by Gasteiger charge is -2.27. The third-order valence-electron chi connectivity index (χ3n) is 14.6. The molecule has 312 valence electrons. The molecule has 0 N–H and O–H groups in total. The first-order valence-electron chi connectivity index (χ1n) is 23.1. The highest BCUT2D eigenvalue weighted by Gasteiger charge is 2.35. The first-order chi connectivity index (χ1) is 32.4. The van der Waals surface area contributed by atoms with E-state index in [1.54, 1.807) is 0 Å². The summed E-state index contributed by atoms with van der Waals surface area (Å²) in [6, 6.07) is 72.3. The fourth-order valence-corrected chi connectivity index (χ4v) is 11.6. The Hall–Kier alpha value is -8.20. The number of aromatic nitrogens is 1. The molecule has 0 aliphatic heterocycles. The summed E-state index contributed by atoms with van der Waals surface area (Å²) in [5.74, 6) is 0. The van der Waals surface area contributed by atoms with Crippen molar-refractivity contribution in [2.24, 2.45) is 0 Å². The molecule has 0 bridgehead atoms. The van der Waals surface area contributed by atoms with E-state index in [0.717, 1.165) is 17.1 Å². The minimum Gasteiger partial charge on any atom is -0.310 e. The van der Waals surface area contributed by atoms with Gasteiger partial charge in [0.1, 0.15) is 0 Å². The van der Waals surface area contributed by atoms with Crippen molar-refractivity contribution in [3.63, 3.8) is 0 Å². The maximum Gasteiger partial charge on any atom is 0.0626 e. The molecule has 2 aromatic heterocycles. The van der Waals surface area contributed by atoms with E-state index in [4.69, 9.17) is 0 Å². The molecule has 0 saturated carbocycles. The molecule has 0 spiro atoms. The van der Waals surface area contributed by atoms with Gasteiger partial charge in [-0.25, -0.2) is 0 Å². The normalized spacial score (nSPS) is 13.7. The molecule has 10 aromatic carbocycles. The van der Waals surface area contributed by atoms with Crippen molar-refractivity contribution in [2.75, 3.05) is 4.90 Å². The Morgan fingerprint density at radius 2 is 0.955 bits per heavy atom. The summed E-state index contributed by atoms with van der Waals surface area (Å²) in [7, 11) is 0. The van der Waals surface area contributed by atoms with E-state index in [1.165, 1.54) is 115 Å². The van der Waals surface area contributed by atoms with Crippen LogP contribution in [0.4, 0.5) is 17.1 Å². The molecule has 0 atom stereocenters. The van der Waals surface area contributed by atoms with Crippen molar-refractivity contribution in [3.05, 3.63) is 236 Å². The smallest absolute Gasteiger partial charge is 0.0626 e. The number of para-hydroxylation sites is 2. The van der Waals surface area contributed by atoms with Gasteiger partial charge in [-0.3, -0.25) is 0 Å². The van der Waals surface area contributed by atoms with Gasteiger partial charge in [0.25, 0.3) is 0 Å². The lowest BCUT2D eigenvalue weighted by molar-refractivity contribution is 0.654. The zero-order valence-corrected chi connectivity index (χ0v) is 37.3. The number of benzene rings is 10. The maximum absolute atomic E-state index is 4.20. The molecular weight excluding hydrogens is 797 g/mol. The van der Waals surface area contributed by atoms with E-state index in [9.17, 15) is 0 Å². The topological polar surface area (TPSA) is 7.65 Å². The Balaban J connectivity index is 0.962. The van der Waals surface area contributed by atoms with Gasteiger partial charge in [-0.15, -0.1) is 0 Å². The molecule has 0 radical (unpaired) electrons. The summed E-state index contributed by atoms with van der Waals surface area (Å²) in [5, 5.41) is 12.8. The molecule has 66 heavy (non-hydrogen) atoms. The highest BCUT2D eigenvalue weighted by molar-refractivity contribution is 6.27. The van der Waals surface area contributed by atoms with Crippen molar-refractivity contribution in [1.29, 1.82) is 0 Å². The second-order valence-corrected chi connectivity index (χ2v) is 18.4. The van der Waals surface area contributed by atoms with Crippen LogP contribution in [0.5, 0.6) is 0 Å². The number of fused-ring (bicyclic) bond motifs is 13. The molecule has 0 amide bonds. The minimum absolute atomic E-state index is 0.123. The van der Waals surface area contributed by atoms with Gasteiger partial charge in [-0.05, 0) is 138 Å². The van der Waals surface area contributed by atoms with Crippen LogP contribution >= 0.6 is 0 Å². The van der Waals surface area contributed by atoms with Crippen molar-refractivity contribution in [2.45, 2.75) is 26.2 Å². The van der Waals surface area contributed by atoms with Crippen molar-refractivity contribution in [1.82, 2.24) is 4.40 Å². The van der Waals surface area contributed by atoms with Gasteiger partial charge in [0.05, 0.1) is 16.6 Å². The lowest BCUT2D eigenvalue weighted by Crippen LogP contribution is -2.16. The second-order valence-electron chi connectivity index (χ2n) is 18.4. The van der Waals surface area contributed by atoms with Crippen molar-refractivity contribution in [3.8, 4) is 22.3 Å². The van der Waals surface area contributed by atoms with Crippen LogP contribution < -0.4 is 4.90 Å². The van der Waals surface area contributed by atoms with Crippen LogP contribution in [0.1, 0.15) is 31.9 Å². The molecule has 0 saturated heterocycles. The van der Waals surface area contributed by atoms with Crippen LogP contribution in [0.25, 0.3) is 98.2 Å². The highest BCUT2D eigenvalue weighted by atomic mass is 15.1. The standard InChI is InChI=1S/C64H46N2/c1-5-15-58-46(6-2)53-34-28-42(38-59(53)64(58,3)4)40-24-29-43(30-25-40)65(45-33-35-52-50-18-8-7-16-48(50)49-17-9-10-19-51(49)57(52)39-45)44-31-26-41(27-32-44)47-36-37-55-54-20-11-13-22-60(54)66-61-23-14-12-21-56(61)62(47)63(55)66/h5-39H,2H2,1,3-4H3/b15-5-. The monoisotopic (exact) mass is 842 g/mol. The Kier molecular flexibility index (Phi) is 8.35. The fraction of sp³-hybridized carbons (Fsp3) is 0.0625. The number of anilines is 3. The number of hydrogen-bond donors (Lipinski definition) is 0. The molecule has 1 aliphatic carbocycles. The van der Waals surface area contributed by atoms with Crippen LogP contribution in [0.2, 0.25) is 0 Å². The molecule has 1 aliphatic rings. The van der Waals surface area contributed by atoms with Crippen LogP contribution in [0.3, 0.4) is 0 Å². The first-order valence-corrected chi connectivity index (χ1v) is 23.1. The van der Waals surface area contributed by atoms with E-state index in [2.05, 4.69) is 243 Å². The first kappa shape index (κ1) is 38.3. The summed E-state index contributed by atoms with van der Waals surface area (Å²) in [4.78, 5) is 2.42. The molecule has 0 fully saturated rings. The Morgan fingerprint density at radius 3 is 1.59 bits per heavy atom. The van der Waals surface area contributed by atoms with Crippen LogP contribution in [-0.4, -0.2) is 4.40 Å². The zero-order valence-electron chi connectivity index (χ0n) is 37.3.